The highest BCUT2D eigenvalue weighted by molar-refractivity contribution is 5.93. The fourth-order valence-corrected chi connectivity index (χ4v) is 3.24. The first kappa shape index (κ1) is 18.1. The Morgan fingerprint density at radius 1 is 1.18 bits per heavy atom. The number of rotatable bonds is 7. The molecule has 6 nitrogen and oxygen atoms in total. The van der Waals surface area contributed by atoms with Crippen LogP contribution >= 0.6 is 0 Å². The number of carbonyl (C=O) groups is 1. The summed E-state index contributed by atoms with van der Waals surface area (Å²) in [7, 11) is 1.62. The van der Waals surface area contributed by atoms with Gasteiger partial charge in [0.05, 0.1) is 13.7 Å². The van der Waals surface area contributed by atoms with E-state index in [1.165, 1.54) is 5.56 Å². The molecule has 1 heterocycles. The van der Waals surface area contributed by atoms with Gasteiger partial charge in [0.15, 0.2) is 11.5 Å². The van der Waals surface area contributed by atoms with E-state index >= 15 is 0 Å². The predicted octanol–water partition coefficient (Wildman–Crippen LogP) is 4.03. The lowest BCUT2D eigenvalue weighted by Gasteiger charge is -2.06. The van der Waals surface area contributed by atoms with Crippen LogP contribution in [0.15, 0.2) is 59.1 Å². The molecule has 1 N–H and O–H groups in total. The Balaban J connectivity index is 1.38. The van der Waals surface area contributed by atoms with E-state index in [-0.39, 0.29) is 17.6 Å². The standard InChI is InChI=1S/C22H22N2O4/c1-3-27-17-6-4-5-15(11-17)18-12-19(18)23-22(25)20-13-21(28-24-20)14-7-9-16(26-2)10-8-14/h4-11,13,18-19H,3,12H2,1-2H3,(H,23,25)/t18-,19+/m0/s1. The summed E-state index contributed by atoms with van der Waals surface area (Å²) in [6.45, 7) is 2.60. The molecule has 0 radical (unpaired) electrons. The minimum Gasteiger partial charge on any atom is -0.497 e. The quantitative estimate of drug-likeness (QED) is 0.672. The van der Waals surface area contributed by atoms with Crippen LogP contribution in [0.25, 0.3) is 11.3 Å². The van der Waals surface area contributed by atoms with Crippen molar-refractivity contribution in [2.75, 3.05) is 13.7 Å². The Kier molecular flexibility index (Phi) is 5.02. The average Bonchev–Trinajstić information content (AvgIpc) is 3.31. The van der Waals surface area contributed by atoms with Crippen molar-refractivity contribution in [3.63, 3.8) is 0 Å². The number of nitrogens with zero attached hydrogens (tertiary/aromatic N) is 1. The summed E-state index contributed by atoms with van der Waals surface area (Å²) in [6, 6.07) is 17.2. The summed E-state index contributed by atoms with van der Waals surface area (Å²) in [6.07, 6.45) is 0.907. The minimum atomic E-state index is -0.225. The zero-order chi connectivity index (χ0) is 19.5. The van der Waals surface area contributed by atoms with E-state index in [1.807, 2.05) is 49.4 Å². The molecule has 28 heavy (non-hydrogen) atoms. The summed E-state index contributed by atoms with van der Waals surface area (Å²) in [4.78, 5) is 12.5. The van der Waals surface area contributed by atoms with Gasteiger partial charge in [-0.1, -0.05) is 17.3 Å². The Hall–Kier alpha value is -3.28. The molecule has 1 aliphatic rings. The molecule has 144 valence electrons. The van der Waals surface area contributed by atoms with Gasteiger partial charge < -0.3 is 19.3 Å². The molecule has 1 fully saturated rings. The second-order valence-electron chi connectivity index (χ2n) is 6.73. The number of amides is 1. The van der Waals surface area contributed by atoms with E-state index < -0.39 is 0 Å². The molecule has 0 saturated heterocycles. The highest BCUT2D eigenvalue weighted by Gasteiger charge is 2.40. The van der Waals surface area contributed by atoms with Crippen molar-refractivity contribution in [1.82, 2.24) is 10.5 Å². The summed E-state index contributed by atoms with van der Waals surface area (Å²) in [5, 5.41) is 6.94. The first-order valence-electron chi connectivity index (χ1n) is 9.32. The maximum absolute atomic E-state index is 12.5. The molecule has 0 aliphatic heterocycles. The number of benzene rings is 2. The van der Waals surface area contributed by atoms with Crippen LogP contribution < -0.4 is 14.8 Å². The van der Waals surface area contributed by atoms with Crippen LogP contribution in [0.5, 0.6) is 11.5 Å². The first-order chi connectivity index (χ1) is 13.7. The molecule has 4 rings (SSSR count). The van der Waals surface area contributed by atoms with Crippen molar-refractivity contribution in [1.29, 1.82) is 0 Å². The summed E-state index contributed by atoms with van der Waals surface area (Å²) < 4.78 is 16.0. The van der Waals surface area contributed by atoms with Crippen LogP contribution in [0, 0.1) is 0 Å². The minimum absolute atomic E-state index is 0.102. The lowest BCUT2D eigenvalue weighted by molar-refractivity contribution is 0.0941. The number of aromatic nitrogens is 1. The molecule has 0 spiro atoms. The first-order valence-corrected chi connectivity index (χ1v) is 9.32. The Bertz CT molecular complexity index is 965. The van der Waals surface area contributed by atoms with Gasteiger partial charge in [0.2, 0.25) is 0 Å². The third-order valence-corrected chi connectivity index (χ3v) is 4.82. The number of ether oxygens (including phenoxy) is 2. The number of carbonyl (C=O) groups excluding carboxylic acids is 1. The van der Waals surface area contributed by atoms with E-state index in [0.29, 0.717) is 18.3 Å². The molecule has 3 aromatic rings. The molecule has 1 aromatic heterocycles. The smallest absolute Gasteiger partial charge is 0.273 e. The topological polar surface area (TPSA) is 73.6 Å². The number of hydrogen-bond donors (Lipinski definition) is 1. The number of methoxy groups -OCH3 is 1. The normalized spacial score (nSPS) is 17.8. The van der Waals surface area contributed by atoms with Crippen molar-refractivity contribution >= 4 is 5.91 Å². The second-order valence-corrected chi connectivity index (χ2v) is 6.73. The zero-order valence-electron chi connectivity index (χ0n) is 15.8. The molecule has 1 amide bonds. The van der Waals surface area contributed by atoms with Crippen LogP contribution in [0.1, 0.15) is 35.3 Å². The fraction of sp³-hybridized carbons (Fsp3) is 0.273. The van der Waals surface area contributed by atoms with Gasteiger partial charge in [-0.05, 0) is 55.3 Å². The van der Waals surface area contributed by atoms with E-state index in [2.05, 4.69) is 16.5 Å². The molecule has 2 atom stereocenters. The molecule has 0 bridgehead atoms. The molecule has 1 aliphatic carbocycles. The molecule has 1 saturated carbocycles. The molecular formula is C22H22N2O4. The number of nitrogens with one attached hydrogen (secondary N) is 1. The highest BCUT2D eigenvalue weighted by Crippen LogP contribution is 2.42. The third kappa shape index (κ3) is 3.86. The van der Waals surface area contributed by atoms with E-state index in [9.17, 15) is 4.79 Å². The Morgan fingerprint density at radius 3 is 2.75 bits per heavy atom. The lowest BCUT2D eigenvalue weighted by atomic mass is 10.1. The summed E-state index contributed by atoms with van der Waals surface area (Å²) in [5.74, 6) is 2.24. The average molecular weight is 378 g/mol. The zero-order valence-corrected chi connectivity index (χ0v) is 15.8. The lowest BCUT2D eigenvalue weighted by Crippen LogP contribution is -2.26. The largest absolute Gasteiger partial charge is 0.497 e. The maximum Gasteiger partial charge on any atom is 0.273 e. The van der Waals surface area contributed by atoms with Crippen LogP contribution in [0.3, 0.4) is 0 Å². The van der Waals surface area contributed by atoms with Gasteiger partial charge in [-0.25, -0.2) is 0 Å². The second kappa shape index (κ2) is 7.76. The molecule has 6 heteroatoms. The van der Waals surface area contributed by atoms with E-state index in [0.717, 1.165) is 23.5 Å². The van der Waals surface area contributed by atoms with Crippen LogP contribution in [-0.4, -0.2) is 30.8 Å². The van der Waals surface area contributed by atoms with Gasteiger partial charge in [-0.2, -0.15) is 0 Å². The van der Waals surface area contributed by atoms with Crippen molar-refractivity contribution in [2.24, 2.45) is 0 Å². The molecule has 0 unspecified atom stereocenters. The van der Waals surface area contributed by atoms with Gasteiger partial charge >= 0.3 is 0 Å². The third-order valence-electron chi connectivity index (χ3n) is 4.82. The SMILES string of the molecule is CCOc1cccc([C@@H]2C[C@H]2NC(=O)c2cc(-c3ccc(OC)cc3)on2)c1. The van der Waals surface area contributed by atoms with Gasteiger partial charge in [-0.15, -0.1) is 0 Å². The molecular weight excluding hydrogens is 356 g/mol. The van der Waals surface area contributed by atoms with Crippen LogP contribution in [0.2, 0.25) is 0 Å². The monoisotopic (exact) mass is 378 g/mol. The van der Waals surface area contributed by atoms with Crippen molar-refractivity contribution < 1.29 is 18.8 Å². The van der Waals surface area contributed by atoms with Crippen LogP contribution in [-0.2, 0) is 0 Å². The fourth-order valence-electron chi connectivity index (χ4n) is 3.24. The highest BCUT2D eigenvalue weighted by atomic mass is 16.5. The summed E-state index contributed by atoms with van der Waals surface area (Å²) in [5.41, 5.74) is 2.29. The van der Waals surface area contributed by atoms with Gasteiger partial charge in [0.1, 0.15) is 11.5 Å². The maximum atomic E-state index is 12.5. The summed E-state index contributed by atoms with van der Waals surface area (Å²) >= 11 is 0. The van der Waals surface area contributed by atoms with E-state index in [4.69, 9.17) is 14.0 Å². The molecule has 2 aromatic carbocycles. The van der Waals surface area contributed by atoms with Crippen molar-refractivity contribution in [3.05, 3.63) is 65.9 Å². The Labute approximate surface area is 163 Å². The van der Waals surface area contributed by atoms with Gasteiger partial charge in [0, 0.05) is 23.6 Å². The number of hydrogen-bond acceptors (Lipinski definition) is 5. The Morgan fingerprint density at radius 2 is 2.00 bits per heavy atom. The van der Waals surface area contributed by atoms with Crippen molar-refractivity contribution in [3.8, 4) is 22.8 Å². The van der Waals surface area contributed by atoms with Gasteiger partial charge in [-0.3, -0.25) is 4.79 Å². The van der Waals surface area contributed by atoms with Crippen molar-refractivity contribution in [2.45, 2.75) is 25.3 Å². The predicted molar refractivity (Wildman–Crippen MR) is 105 cm³/mol. The van der Waals surface area contributed by atoms with E-state index in [1.54, 1.807) is 13.2 Å². The van der Waals surface area contributed by atoms with Crippen LogP contribution in [0.4, 0.5) is 0 Å². The van der Waals surface area contributed by atoms with Gasteiger partial charge in [0.25, 0.3) is 5.91 Å².